The van der Waals surface area contributed by atoms with Crippen LogP contribution in [0.2, 0.25) is 0 Å². The summed E-state index contributed by atoms with van der Waals surface area (Å²) in [4.78, 5) is 7.24. The average Bonchev–Trinajstić information content (AvgIpc) is 2.61. The molecule has 0 aliphatic rings. The molecule has 128 valence electrons. The van der Waals surface area contributed by atoms with Crippen molar-refractivity contribution < 1.29 is 17.2 Å². The van der Waals surface area contributed by atoms with Gasteiger partial charge in [0.1, 0.15) is 11.6 Å². The third-order valence-electron chi connectivity index (χ3n) is 3.47. The molecule has 25 heavy (non-hydrogen) atoms. The molecular formula is C17H13F2N3O2S. The highest BCUT2D eigenvalue weighted by molar-refractivity contribution is 7.89. The molecule has 0 radical (unpaired) electrons. The minimum Gasteiger partial charge on any atom is -0.264 e. The third-order valence-corrected chi connectivity index (χ3v) is 4.92. The van der Waals surface area contributed by atoms with Gasteiger partial charge in [-0.05, 0) is 35.9 Å². The topological polar surface area (TPSA) is 72.0 Å². The van der Waals surface area contributed by atoms with Crippen molar-refractivity contribution in [3.05, 3.63) is 78.3 Å². The Morgan fingerprint density at radius 2 is 1.68 bits per heavy atom. The molecule has 0 aliphatic heterocycles. The third kappa shape index (κ3) is 3.70. The molecule has 1 aromatic carbocycles. The maximum Gasteiger partial charge on any atom is 0.246 e. The summed E-state index contributed by atoms with van der Waals surface area (Å²) in [5.74, 6) is -2.29. The molecule has 0 bridgehead atoms. The molecule has 3 aromatic rings. The Hall–Kier alpha value is -2.71. The van der Waals surface area contributed by atoms with Gasteiger partial charge in [0.2, 0.25) is 10.0 Å². The lowest BCUT2D eigenvalue weighted by Gasteiger charge is -2.11. The van der Waals surface area contributed by atoms with Gasteiger partial charge in [0, 0.05) is 30.7 Å². The van der Waals surface area contributed by atoms with E-state index in [0.29, 0.717) is 16.8 Å². The minimum atomic E-state index is -4.36. The van der Waals surface area contributed by atoms with E-state index < -0.39 is 26.6 Å². The van der Waals surface area contributed by atoms with Crippen LogP contribution in [-0.2, 0) is 16.6 Å². The van der Waals surface area contributed by atoms with Gasteiger partial charge in [-0.1, -0.05) is 12.1 Å². The van der Waals surface area contributed by atoms with Gasteiger partial charge in [-0.25, -0.2) is 21.9 Å². The van der Waals surface area contributed by atoms with Crippen LogP contribution in [0.3, 0.4) is 0 Å². The van der Waals surface area contributed by atoms with Crippen molar-refractivity contribution >= 4 is 10.0 Å². The number of hydrogen-bond acceptors (Lipinski definition) is 4. The largest absolute Gasteiger partial charge is 0.264 e. The van der Waals surface area contributed by atoms with Crippen molar-refractivity contribution in [3.63, 3.8) is 0 Å². The molecule has 0 atom stereocenters. The first-order chi connectivity index (χ1) is 12.0. The van der Waals surface area contributed by atoms with Gasteiger partial charge in [0.15, 0.2) is 4.90 Å². The van der Waals surface area contributed by atoms with Gasteiger partial charge in [-0.2, -0.15) is 0 Å². The molecule has 0 aliphatic carbocycles. The van der Waals surface area contributed by atoms with E-state index in [1.807, 2.05) is 0 Å². The van der Waals surface area contributed by atoms with E-state index >= 15 is 0 Å². The molecule has 5 nitrogen and oxygen atoms in total. The zero-order chi connectivity index (χ0) is 17.9. The number of aromatic nitrogens is 2. The highest BCUT2D eigenvalue weighted by Crippen LogP contribution is 2.22. The molecule has 1 N–H and O–H groups in total. The van der Waals surface area contributed by atoms with Crippen LogP contribution in [0, 0.1) is 11.6 Å². The number of halogens is 2. The predicted molar refractivity (Wildman–Crippen MR) is 87.9 cm³/mol. The second-order valence-corrected chi connectivity index (χ2v) is 6.83. The quantitative estimate of drug-likeness (QED) is 0.758. The molecule has 0 fully saturated rings. The van der Waals surface area contributed by atoms with Crippen molar-refractivity contribution in [2.45, 2.75) is 11.4 Å². The van der Waals surface area contributed by atoms with E-state index in [1.54, 1.807) is 42.9 Å². The van der Waals surface area contributed by atoms with E-state index in [-0.39, 0.29) is 6.54 Å². The lowest BCUT2D eigenvalue weighted by molar-refractivity contribution is 0.514. The lowest BCUT2D eigenvalue weighted by atomic mass is 10.1. The molecule has 0 amide bonds. The molecule has 8 heteroatoms. The number of nitrogens with zero attached hydrogens (tertiary/aromatic N) is 2. The number of rotatable bonds is 5. The first kappa shape index (κ1) is 17.1. The second kappa shape index (κ2) is 7.04. The standard InChI is InChI=1S/C17H13F2N3O2S/c18-14-6-1-7-15(19)17(14)25(23,24)22-11-13-5-3-9-21-16(13)12-4-2-8-20-10-12/h1-10,22H,11H2. The summed E-state index contributed by atoms with van der Waals surface area (Å²) < 4.78 is 54.2. The van der Waals surface area contributed by atoms with E-state index in [1.165, 1.54) is 0 Å². The Balaban J connectivity index is 1.90. The summed E-state index contributed by atoms with van der Waals surface area (Å²) in [5.41, 5.74) is 1.79. The van der Waals surface area contributed by atoms with Crippen molar-refractivity contribution in [1.29, 1.82) is 0 Å². The van der Waals surface area contributed by atoms with Crippen molar-refractivity contribution in [3.8, 4) is 11.3 Å². The van der Waals surface area contributed by atoms with Crippen LogP contribution in [-0.4, -0.2) is 18.4 Å². The molecule has 3 rings (SSSR count). The summed E-state index contributed by atoms with van der Waals surface area (Å²) >= 11 is 0. The summed E-state index contributed by atoms with van der Waals surface area (Å²) in [5, 5.41) is 0. The highest BCUT2D eigenvalue weighted by Gasteiger charge is 2.23. The number of hydrogen-bond donors (Lipinski definition) is 1. The average molecular weight is 361 g/mol. The molecule has 0 saturated carbocycles. The van der Waals surface area contributed by atoms with Crippen molar-refractivity contribution in [2.24, 2.45) is 0 Å². The van der Waals surface area contributed by atoms with Crippen LogP contribution in [0.5, 0.6) is 0 Å². The van der Waals surface area contributed by atoms with Crippen molar-refractivity contribution in [2.75, 3.05) is 0 Å². The summed E-state index contributed by atoms with van der Waals surface area (Å²) in [6.07, 6.45) is 4.77. The normalized spacial score (nSPS) is 11.4. The van der Waals surface area contributed by atoms with E-state index in [2.05, 4.69) is 14.7 Å². The van der Waals surface area contributed by atoms with Gasteiger partial charge in [-0.3, -0.25) is 9.97 Å². The molecular weight excluding hydrogens is 348 g/mol. The molecule has 0 spiro atoms. The summed E-state index contributed by atoms with van der Waals surface area (Å²) in [6.45, 7) is -0.172. The number of sulfonamides is 1. The Kier molecular flexibility index (Phi) is 4.82. The summed E-state index contributed by atoms with van der Waals surface area (Å²) in [6, 6.07) is 9.72. The van der Waals surface area contributed by atoms with Gasteiger partial charge in [0.25, 0.3) is 0 Å². The maximum absolute atomic E-state index is 13.7. The zero-order valence-corrected chi connectivity index (χ0v) is 13.7. The number of nitrogens with one attached hydrogen (secondary N) is 1. The molecule has 0 saturated heterocycles. The van der Waals surface area contributed by atoms with Crippen molar-refractivity contribution in [1.82, 2.24) is 14.7 Å². The highest BCUT2D eigenvalue weighted by atomic mass is 32.2. The van der Waals surface area contributed by atoms with E-state index in [9.17, 15) is 17.2 Å². The van der Waals surface area contributed by atoms with Crippen LogP contribution < -0.4 is 4.72 Å². The molecule has 2 heterocycles. The zero-order valence-electron chi connectivity index (χ0n) is 12.9. The van der Waals surface area contributed by atoms with Crippen LogP contribution in [0.4, 0.5) is 8.78 Å². The number of benzene rings is 1. The summed E-state index contributed by atoms with van der Waals surface area (Å²) in [7, 11) is -4.36. The fourth-order valence-electron chi connectivity index (χ4n) is 2.33. The maximum atomic E-state index is 13.7. The lowest BCUT2D eigenvalue weighted by Crippen LogP contribution is -2.25. The Bertz CT molecular complexity index is 976. The van der Waals surface area contributed by atoms with Crippen LogP contribution in [0.25, 0.3) is 11.3 Å². The van der Waals surface area contributed by atoms with E-state index in [0.717, 1.165) is 18.2 Å². The van der Waals surface area contributed by atoms with Crippen LogP contribution in [0.1, 0.15) is 5.56 Å². The molecule has 2 aromatic heterocycles. The Morgan fingerprint density at radius 3 is 2.36 bits per heavy atom. The smallest absolute Gasteiger partial charge is 0.246 e. The SMILES string of the molecule is O=S(=O)(NCc1cccnc1-c1cccnc1)c1c(F)cccc1F. The first-order valence-corrected chi connectivity index (χ1v) is 8.75. The monoisotopic (exact) mass is 361 g/mol. The number of pyridine rings is 2. The Morgan fingerprint density at radius 1 is 0.960 bits per heavy atom. The second-order valence-electron chi connectivity index (χ2n) is 5.13. The van der Waals surface area contributed by atoms with Gasteiger partial charge >= 0.3 is 0 Å². The van der Waals surface area contributed by atoms with E-state index in [4.69, 9.17) is 0 Å². The predicted octanol–water partition coefficient (Wildman–Crippen LogP) is 2.90. The molecule has 0 unspecified atom stereocenters. The van der Waals surface area contributed by atoms with Gasteiger partial charge < -0.3 is 0 Å². The Labute approximate surface area is 143 Å². The van der Waals surface area contributed by atoms with Gasteiger partial charge in [0.05, 0.1) is 5.69 Å². The fourth-order valence-corrected chi connectivity index (χ4v) is 3.47. The van der Waals surface area contributed by atoms with Gasteiger partial charge in [-0.15, -0.1) is 0 Å². The van der Waals surface area contributed by atoms with Crippen LogP contribution >= 0.6 is 0 Å². The minimum absolute atomic E-state index is 0.172. The fraction of sp³-hybridized carbons (Fsp3) is 0.0588. The van der Waals surface area contributed by atoms with Crippen LogP contribution in [0.15, 0.2) is 66.0 Å². The first-order valence-electron chi connectivity index (χ1n) is 7.27.